The van der Waals surface area contributed by atoms with Gasteiger partial charge in [-0.15, -0.1) is 5.10 Å². The molecule has 3 rings (SSSR count). The summed E-state index contributed by atoms with van der Waals surface area (Å²) in [6.45, 7) is 1.54. The van der Waals surface area contributed by atoms with Crippen LogP contribution < -0.4 is 4.74 Å². The molecule has 0 amide bonds. The second-order valence-electron chi connectivity index (χ2n) is 5.59. The lowest BCUT2D eigenvalue weighted by atomic mass is 10.1. The number of hydrogen-bond acceptors (Lipinski definition) is 7. The fourth-order valence-electron chi connectivity index (χ4n) is 2.30. The number of carbonyl (C=O) groups is 2. The Kier molecular flexibility index (Phi) is 6.25. The summed E-state index contributed by atoms with van der Waals surface area (Å²) in [6.07, 6.45) is 1.54. The molecular weight excluding hydrogens is 360 g/mol. The van der Waals surface area contributed by atoms with E-state index < -0.39 is 5.97 Å². The maximum absolute atomic E-state index is 12.3. The smallest absolute Gasteiger partial charge is 0.364 e. The first kappa shape index (κ1) is 19.0. The van der Waals surface area contributed by atoms with E-state index in [4.69, 9.17) is 9.47 Å². The van der Waals surface area contributed by atoms with E-state index in [0.717, 1.165) is 10.4 Å². The molecule has 3 aromatic rings. The van der Waals surface area contributed by atoms with Crippen LogP contribution in [0.1, 0.15) is 33.3 Å². The zero-order valence-electron chi connectivity index (χ0n) is 15.2. The average molecular weight is 378 g/mol. The molecule has 0 N–H and O–H groups in total. The normalized spacial score (nSPS) is 10.8. The van der Waals surface area contributed by atoms with Crippen LogP contribution in [0.25, 0.3) is 0 Å². The number of rotatable bonds is 8. The van der Waals surface area contributed by atoms with Crippen molar-refractivity contribution in [1.82, 2.24) is 15.1 Å². The summed E-state index contributed by atoms with van der Waals surface area (Å²) in [6, 6.07) is 18.0. The van der Waals surface area contributed by atoms with Crippen LogP contribution in [0.5, 0.6) is 5.88 Å². The van der Waals surface area contributed by atoms with Gasteiger partial charge >= 0.3 is 5.97 Å². The van der Waals surface area contributed by atoms with Crippen molar-refractivity contribution in [2.24, 2.45) is 5.10 Å². The number of ether oxygens (including phenoxy) is 2. The highest BCUT2D eigenvalue weighted by atomic mass is 16.5. The molecule has 8 heteroatoms. The second kappa shape index (κ2) is 9.22. The molecule has 0 saturated heterocycles. The van der Waals surface area contributed by atoms with Crippen LogP contribution in [0, 0.1) is 0 Å². The minimum Gasteiger partial charge on any atom is -0.466 e. The van der Waals surface area contributed by atoms with Crippen molar-refractivity contribution in [3.05, 3.63) is 77.5 Å². The van der Waals surface area contributed by atoms with Crippen LogP contribution in [-0.2, 0) is 4.74 Å². The molecular formula is C20H18N4O4. The first-order valence-electron chi connectivity index (χ1n) is 8.62. The highest BCUT2D eigenvalue weighted by molar-refractivity contribution is 5.97. The van der Waals surface area contributed by atoms with Crippen LogP contribution in [0.4, 0.5) is 0 Å². The zero-order chi connectivity index (χ0) is 19.8. The van der Waals surface area contributed by atoms with Crippen LogP contribution in [0.15, 0.2) is 65.8 Å². The third kappa shape index (κ3) is 4.67. The van der Waals surface area contributed by atoms with E-state index in [9.17, 15) is 9.59 Å². The van der Waals surface area contributed by atoms with E-state index in [-0.39, 0.29) is 30.6 Å². The molecule has 0 radical (unpaired) electrons. The predicted molar refractivity (Wildman–Crippen MR) is 102 cm³/mol. The predicted octanol–water partition coefficient (Wildman–Crippen LogP) is 2.60. The minimum absolute atomic E-state index is 0.0603. The first-order chi connectivity index (χ1) is 13.7. The number of hydrogen-bond donors (Lipinski definition) is 0. The first-order valence-corrected chi connectivity index (χ1v) is 8.62. The third-order valence-electron chi connectivity index (χ3n) is 3.63. The fraction of sp³-hybridized carbons (Fsp3) is 0.150. The van der Waals surface area contributed by atoms with E-state index in [1.807, 2.05) is 36.4 Å². The number of aromatic nitrogens is 3. The molecule has 1 aromatic heterocycles. The van der Waals surface area contributed by atoms with E-state index in [1.165, 1.54) is 6.21 Å². The van der Waals surface area contributed by atoms with Crippen molar-refractivity contribution in [2.75, 3.05) is 13.2 Å². The summed E-state index contributed by atoms with van der Waals surface area (Å²) in [5.74, 6) is -1.02. The average Bonchev–Trinajstić information content (AvgIpc) is 3.15. The van der Waals surface area contributed by atoms with Gasteiger partial charge in [-0.05, 0) is 17.7 Å². The van der Waals surface area contributed by atoms with Crippen molar-refractivity contribution in [3.8, 4) is 5.88 Å². The maximum Gasteiger partial charge on any atom is 0.364 e. The van der Waals surface area contributed by atoms with Crippen LogP contribution in [0.3, 0.4) is 0 Å². The Labute approximate surface area is 161 Å². The van der Waals surface area contributed by atoms with Gasteiger partial charge in [0.25, 0.3) is 5.88 Å². The second-order valence-corrected chi connectivity index (χ2v) is 5.59. The lowest BCUT2D eigenvalue weighted by molar-refractivity contribution is 0.0512. The summed E-state index contributed by atoms with van der Waals surface area (Å²) in [5.41, 5.74) is 1.17. The van der Waals surface area contributed by atoms with Gasteiger partial charge in [0.2, 0.25) is 5.69 Å². The van der Waals surface area contributed by atoms with E-state index in [0.29, 0.717) is 5.56 Å². The van der Waals surface area contributed by atoms with Gasteiger partial charge in [-0.3, -0.25) is 4.79 Å². The lowest BCUT2D eigenvalue weighted by Gasteiger charge is -2.06. The summed E-state index contributed by atoms with van der Waals surface area (Å²) < 4.78 is 10.5. The van der Waals surface area contributed by atoms with Gasteiger partial charge in [-0.2, -0.15) is 5.10 Å². The third-order valence-corrected chi connectivity index (χ3v) is 3.63. The molecule has 8 nitrogen and oxygen atoms in total. The molecule has 0 aliphatic rings. The van der Waals surface area contributed by atoms with Gasteiger partial charge in [-0.25, -0.2) is 4.79 Å². The molecule has 0 unspecified atom stereocenters. The summed E-state index contributed by atoms with van der Waals surface area (Å²) in [4.78, 5) is 25.5. The molecule has 0 aliphatic heterocycles. The fourth-order valence-corrected chi connectivity index (χ4v) is 2.30. The molecule has 0 fully saturated rings. The number of esters is 1. The van der Waals surface area contributed by atoms with Gasteiger partial charge in [0.05, 0.1) is 12.8 Å². The summed E-state index contributed by atoms with van der Waals surface area (Å²) in [7, 11) is 0. The Balaban J connectivity index is 1.83. The van der Waals surface area contributed by atoms with Gasteiger partial charge in [0, 0.05) is 5.56 Å². The Morgan fingerprint density at radius 1 is 1.07 bits per heavy atom. The minimum atomic E-state index is -0.703. The highest BCUT2D eigenvalue weighted by Gasteiger charge is 2.23. The van der Waals surface area contributed by atoms with Gasteiger partial charge in [-0.1, -0.05) is 65.5 Å². The largest absolute Gasteiger partial charge is 0.466 e. The van der Waals surface area contributed by atoms with Gasteiger partial charge in [0.15, 0.2) is 12.4 Å². The van der Waals surface area contributed by atoms with Gasteiger partial charge < -0.3 is 9.47 Å². The Morgan fingerprint density at radius 2 is 1.75 bits per heavy atom. The van der Waals surface area contributed by atoms with Crippen molar-refractivity contribution in [2.45, 2.75) is 6.92 Å². The molecule has 142 valence electrons. The summed E-state index contributed by atoms with van der Waals surface area (Å²) >= 11 is 0. The SMILES string of the molecule is CCOC(=O)c1nnn(/N=C/c2ccccc2)c1OCC(=O)c1ccccc1. The number of benzene rings is 2. The molecule has 0 saturated carbocycles. The molecule has 2 aromatic carbocycles. The Hall–Kier alpha value is -3.81. The van der Waals surface area contributed by atoms with Crippen LogP contribution in [0.2, 0.25) is 0 Å². The van der Waals surface area contributed by atoms with Crippen molar-refractivity contribution >= 4 is 18.0 Å². The van der Waals surface area contributed by atoms with E-state index in [2.05, 4.69) is 15.4 Å². The van der Waals surface area contributed by atoms with Crippen LogP contribution >= 0.6 is 0 Å². The number of carbonyl (C=O) groups excluding carboxylic acids is 2. The molecule has 0 spiro atoms. The topological polar surface area (TPSA) is 95.7 Å². The molecule has 0 bridgehead atoms. The Bertz CT molecular complexity index is 968. The Morgan fingerprint density at radius 3 is 2.43 bits per heavy atom. The van der Waals surface area contributed by atoms with Crippen LogP contribution in [-0.4, -0.2) is 46.3 Å². The molecule has 28 heavy (non-hydrogen) atoms. The quantitative estimate of drug-likeness (QED) is 0.340. The highest BCUT2D eigenvalue weighted by Crippen LogP contribution is 2.17. The van der Waals surface area contributed by atoms with Crippen molar-refractivity contribution in [1.29, 1.82) is 0 Å². The molecule has 0 aliphatic carbocycles. The number of Topliss-reactive ketones (excluding diaryl/α,β-unsaturated/α-hetero) is 1. The monoisotopic (exact) mass is 378 g/mol. The van der Waals surface area contributed by atoms with Crippen molar-refractivity contribution < 1.29 is 19.1 Å². The zero-order valence-corrected chi connectivity index (χ0v) is 15.2. The van der Waals surface area contributed by atoms with Crippen molar-refractivity contribution in [3.63, 3.8) is 0 Å². The maximum atomic E-state index is 12.3. The standard InChI is InChI=1S/C20H18N4O4/c1-2-27-20(26)18-19(28-14-17(25)16-11-7-4-8-12-16)24(23-22-18)21-13-15-9-5-3-6-10-15/h3-13H,2,14H2,1H3/b21-13+. The number of ketones is 1. The van der Waals surface area contributed by atoms with Gasteiger partial charge in [0.1, 0.15) is 0 Å². The summed E-state index contributed by atoms with van der Waals surface area (Å²) in [5, 5.41) is 11.8. The van der Waals surface area contributed by atoms with E-state index >= 15 is 0 Å². The number of nitrogens with zero attached hydrogens (tertiary/aromatic N) is 4. The molecule has 0 atom stereocenters. The lowest BCUT2D eigenvalue weighted by Crippen LogP contribution is -2.15. The molecule has 1 heterocycles. The van der Waals surface area contributed by atoms with E-state index in [1.54, 1.807) is 31.2 Å².